The zero-order valence-electron chi connectivity index (χ0n) is 11.6. The van der Waals surface area contributed by atoms with Gasteiger partial charge in [-0.2, -0.15) is 0 Å². The van der Waals surface area contributed by atoms with Crippen LogP contribution >= 0.6 is 0 Å². The maximum atomic E-state index is 13.7. The number of nitrogens with two attached hydrogens (primary N) is 1. The van der Waals surface area contributed by atoms with Crippen molar-refractivity contribution in [1.29, 1.82) is 0 Å². The smallest absolute Gasteiger partial charge is 0.260 e. The zero-order chi connectivity index (χ0) is 15.4. The average molecular weight is 290 g/mol. The van der Waals surface area contributed by atoms with Gasteiger partial charge in [-0.3, -0.25) is 4.79 Å². The highest BCUT2D eigenvalue weighted by Gasteiger charge is 2.22. The van der Waals surface area contributed by atoms with Gasteiger partial charge in [0, 0.05) is 18.8 Å². The SMILES string of the molecule is CCN(Cc1ccc(N)cc1)C(=O)c1c(F)cccc1F. The van der Waals surface area contributed by atoms with Crippen LogP contribution in [0, 0.1) is 11.6 Å². The zero-order valence-corrected chi connectivity index (χ0v) is 11.6. The molecule has 0 saturated heterocycles. The standard InChI is InChI=1S/C16H16F2N2O/c1-2-20(10-11-6-8-12(19)9-7-11)16(21)15-13(17)4-3-5-14(15)18/h3-9H,2,10,19H2,1H3. The maximum Gasteiger partial charge on any atom is 0.260 e. The molecule has 21 heavy (non-hydrogen) atoms. The van der Waals surface area contributed by atoms with E-state index in [9.17, 15) is 13.6 Å². The van der Waals surface area contributed by atoms with E-state index in [1.54, 1.807) is 31.2 Å². The largest absolute Gasteiger partial charge is 0.399 e. The second-order valence-corrected chi connectivity index (χ2v) is 4.66. The molecule has 1 amide bonds. The van der Waals surface area contributed by atoms with Gasteiger partial charge in [0.2, 0.25) is 0 Å². The quantitative estimate of drug-likeness (QED) is 0.879. The van der Waals surface area contributed by atoms with E-state index in [1.807, 2.05) is 0 Å². The van der Waals surface area contributed by atoms with E-state index in [1.165, 1.54) is 11.0 Å². The number of halogens is 2. The summed E-state index contributed by atoms with van der Waals surface area (Å²) in [6, 6.07) is 10.4. The van der Waals surface area contributed by atoms with Crippen molar-refractivity contribution in [1.82, 2.24) is 4.90 Å². The Labute approximate surface area is 122 Å². The summed E-state index contributed by atoms with van der Waals surface area (Å²) in [5, 5.41) is 0. The Hall–Kier alpha value is -2.43. The van der Waals surface area contributed by atoms with Gasteiger partial charge in [0.05, 0.1) is 0 Å². The molecule has 0 atom stereocenters. The highest BCUT2D eigenvalue weighted by Crippen LogP contribution is 2.17. The molecule has 3 nitrogen and oxygen atoms in total. The van der Waals surface area contributed by atoms with Crippen molar-refractivity contribution in [2.75, 3.05) is 12.3 Å². The molecule has 2 rings (SSSR count). The van der Waals surface area contributed by atoms with E-state index in [-0.39, 0.29) is 6.54 Å². The molecule has 0 saturated carbocycles. The molecule has 0 spiro atoms. The van der Waals surface area contributed by atoms with E-state index >= 15 is 0 Å². The van der Waals surface area contributed by atoms with Crippen LogP contribution in [0.1, 0.15) is 22.8 Å². The van der Waals surface area contributed by atoms with Crippen molar-refractivity contribution in [3.05, 3.63) is 65.2 Å². The maximum absolute atomic E-state index is 13.7. The monoisotopic (exact) mass is 290 g/mol. The van der Waals surface area contributed by atoms with Crippen LogP contribution in [0.5, 0.6) is 0 Å². The van der Waals surface area contributed by atoms with Gasteiger partial charge in [0.25, 0.3) is 5.91 Å². The third-order valence-corrected chi connectivity index (χ3v) is 3.20. The van der Waals surface area contributed by atoms with Gasteiger partial charge in [-0.1, -0.05) is 18.2 Å². The minimum atomic E-state index is -0.851. The van der Waals surface area contributed by atoms with Gasteiger partial charge >= 0.3 is 0 Å². The predicted molar refractivity (Wildman–Crippen MR) is 77.6 cm³/mol. The lowest BCUT2D eigenvalue weighted by Gasteiger charge is -2.21. The van der Waals surface area contributed by atoms with Crippen LogP contribution in [-0.4, -0.2) is 17.4 Å². The van der Waals surface area contributed by atoms with Gasteiger partial charge in [-0.15, -0.1) is 0 Å². The van der Waals surface area contributed by atoms with Crippen molar-refractivity contribution in [3.8, 4) is 0 Å². The molecule has 5 heteroatoms. The lowest BCUT2D eigenvalue weighted by Crippen LogP contribution is -2.31. The third-order valence-electron chi connectivity index (χ3n) is 3.20. The number of anilines is 1. The number of carbonyl (C=O) groups excluding carboxylic acids is 1. The Morgan fingerprint density at radius 1 is 1.10 bits per heavy atom. The van der Waals surface area contributed by atoms with Crippen LogP contribution in [0.2, 0.25) is 0 Å². The second kappa shape index (κ2) is 6.35. The van der Waals surface area contributed by atoms with Crippen molar-refractivity contribution >= 4 is 11.6 Å². The lowest BCUT2D eigenvalue weighted by atomic mass is 10.1. The van der Waals surface area contributed by atoms with E-state index in [2.05, 4.69) is 0 Å². The van der Waals surface area contributed by atoms with Crippen LogP contribution in [0.3, 0.4) is 0 Å². The van der Waals surface area contributed by atoms with Crippen LogP contribution in [0.15, 0.2) is 42.5 Å². The molecule has 2 N–H and O–H groups in total. The van der Waals surface area contributed by atoms with Crippen LogP contribution < -0.4 is 5.73 Å². The van der Waals surface area contributed by atoms with Crippen LogP contribution in [-0.2, 0) is 6.54 Å². The Morgan fingerprint density at radius 3 is 2.19 bits per heavy atom. The summed E-state index contributed by atoms with van der Waals surface area (Å²) in [7, 11) is 0. The first kappa shape index (κ1) is 15.0. The number of carbonyl (C=O) groups is 1. The van der Waals surface area contributed by atoms with E-state index in [0.717, 1.165) is 17.7 Å². The summed E-state index contributed by atoms with van der Waals surface area (Å²) in [5.74, 6) is -2.36. The number of hydrogen-bond acceptors (Lipinski definition) is 2. The Bertz CT molecular complexity index is 621. The molecule has 0 unspecified atom stereocenters. The van der Waals surface area contributed by atoms with Crippen LogP contribution in [0.4, 0.5) is 14.5 Å². The fourth-order valence-corrected chi connectivity index (χ4v) is 2.03. The fraction of sp³-hybridized carbons (Fsp3) is 0.188. The predicted octanol–water partition coefficient (Wildman–Crippen LogP) is 3.21. The highest BCUT2D eigenvalue weighted by atomic mass is 19.1. The first-order chi connectivity index (χ1) is 10.0. The molecule has 0 bridgehead atoms. The first-order valence-electron chi connectivity index (χ1n) is 6.60. The molecular weight excluding hydrogens is 274 g/mol. The summed E-state index contributed by atoms with van der Waals surface area (Å²) < 4.78 is 27.4. The molecule has 0 heterocycles. The number of nitrogen functional groups attached to an aromatic ring is 1. The summed E-state index contributed by atoms with van der Waals surface area (Å²) >= 11 is 0. The number of benzene rings is 2. The number of nitrogens with zero attached hydrogens (tertiary/aromatic N) is 1. The molecule has 0 aliphatic rings. The van der Waals surface area contributed by atoms with E-state index < -0.39 is 23.1 Å². The van der Waals surface area contributed by atoms with E-state index in [4.69, 9.17) is 5.73 Å². The molecule has 2 aromatic rings. The van der Waals surface area contributed by atoms with Gasteiger partial charge in [-0.05, 0) is 36.8 Å². The molecule has 0 fully saturated rings. The highest BCUT2D eigenvalue weighted by molar-refractivity contribution is 5.94. The number of rotatable bonds is 4. The topological polar surface area (TPSA) is 46.3 Å². The van der Waals surface area contributed by atoms with Crippen molar-refractivity contribution in [2.45, 2.75) is 13.5 Å². The third kappa shape index (κ3) is 3.37. The second-order valence-electron chi connectivity index (χ2n) is 4.66. The Morgan fingerprint density at radius 2 is 1.67 bits per heavy atom. The minimum absolute atomic E-state index is 0.267. The normalized spacial score (nSPS) is 10.4. The summed E-state index contributed by atoms with van der Waals surface area (Å²) in [6.07, 6.45) is 0. The van der Waals surface area contributed by atoms with Gasteiger partial charge in [0.15, 0.2) is 0 Å². The average Bonchev–Trinajstić information content (AvgIpc) is 2.46. The Kier molecular flexibility index (Phi) is 4.52. The molecule has 110 valence electrons. The van der Waals surface area contributed by atoms with E-state index in [0.29, 0.717) is 12.2 Å². The molecule has 0 aromatic heterocycles. The van der Waals surface area contributed by atoms with Crippen LogP contribution in [0.25, 0.3) is 0 Å². The van der Waals surface area contributed by atoms with Gasteiger partial charge in [-0.25, -0.2) is 8.78 Å². The fourth-order valence-electron chi connectivity index (χ4n) is 2.03. The minimum Gasteiger partial charge on any atom is -0.399 e. The van der Waals surface area contributed by atoms with Gasteiger partial charge in [0.1, 0.15) is 17.2 Å². The lowest BCUT2D eigenvalue weighted by molar-refractivity contribution is 0.0742. The Balaban J connectivity index is 2.24. The summed E-state index contributed by atoms with van der Waals surface area (Å²) in [6.45, 7) is 2.37. The first-order valence-corrected chi connectivity index (χ1v) is 6.60. The molecular formula is C16H16F2N2O. The number of hydrogen-bond donors (Lipinski definition) is 1. The summed E-state index contributed by atoms with van der Waals surface area (Å²) in [5.41, 5.74) is 6.54. The molecule has 0 aliphatic heterocycles. The van der Waals surface area contributed by atoms with Gasteiger partial charge < -0.3 is 10.6 Å². The van der Waals surface area contributed by atoms with Crippen molar-refractivity contribution in [2.24, 2.45) is 0 Å². The van der Waals surface area contributed by atoms with Crippen molar-refractivity contribution in [3.63, 3.8) is 0 Å². The molecule has 2 aromatic carbocycles. The number of amides is 1. The van der Waals surface area contributed by atoms with Crippen molar-refractivity contribution < 1.29 is 13.6 Å². The summed E-state index contributed by atoms with van der Waals surface area (Å²) in [4.78, 5) is 13.7. The molecule has 0 aliphatic carbocycles. The molecule has 0 radical (unpaired) electrons.